The molecule has 0 aromatic heterocycles. The third kappa shape index (κ3) is 9.66. The molecule has 0 aliphatic carbocycles. The van der Waals surface area contributed by atoms with Crippen molar-refractivity contribution in [2.75, 3.05) is 25.0 Å². The van der Waals surface area contributed by atoms with Gasteiger partial charge >= 0.3 is 34.3 Å². The third-order valence-electron chi connectivity index (χ3n) is 2.21. The summed E-state index contributed by atoms with van der Waals surface area (Å²) in [4.78, 5) is 34.0. The van der Waals surface area contributed by atoms with Gasteiger partial charge in [0, 0.05) is 9.26 Å². The van der Waals surface area contributed by atoms with Crippen LogP contribution in [0.5, 0.6) is 0 Å². The number of amides is 1. The van der Waals surface area contributed by atoms with Crippen LogP contribution in [0.1, 0.15) is 0 Å². The number of anilines is 1. The average molecular weight is 507 g/mol. The first-order valence-electron chi connectivity index (χ1n) is 5.73. The second-order valence-corrected chi connectivity index (χ2v) is 5.23. The second kappa shape index (κ2) is 11.4. The van der Waals surface area contributed by atoms with Crippen LogP contribution in [0.25, 0.3) is 0 Å². The van der Waals surface area contributed by atoms with E-state index in [0.717, 1.165) is 27.3 Å². The number of aliphatic carboxylic acids is 2. The number of carboxylic acid groups (broad SMARTS) is 2. The van der Waals surface area contributed by atoms with Crippen molar-refractivity contribution < 1.29 is 47.0 Å². The standard InChI is InChI=1S/C12H13IN2O5.O.Tc/c13-8-1-3-9(4-2-8)14-10(16)5-15(6-11(17)18)7-12(19)20;;/h1-4H,5-7H2,(H,14,16)(H,17,18)(H,19,20);;/i;;1+1. The van der Waals surface area contributed by atoms with Gasteiger partial charge in [0.25, 0.3) is 0 Å². The summed E-state index contributed by atoms with van der Waals surface area (Å²) in [5, 5.41) is 19.9. The predicted molar refractivity (Wildman–Crippen MR) is 80.2 cm³/mol. The van der Waals surface area contributed by atoms with Crippen LogP contribution in [-0.2, 0) is 36.7 Å². The summed E-state index contributed by atoms with van der Waals surface area (Å²) in [6.07, 6.45) is 0. The molecule has 0 fully saturated rings. The first kappa shape index (κ1) is 20.8. The Labute approximate surface area is 150 Å². The molecule has 121 valence electrons. The van der Waals surface area contributed by atoms with Gasteiger partial charge in [0.05, 0.1) is 19.6 Å². The monoisotopic (exact) mass is 507 g/mol. The Morgan fingerprint density at radius 3 is 1.86 bits per heavy atom. The van der Waals surface area contributed by atoms with E-state index in [1.165, 1.54) is 0 Å². The fourth-order valence-electron chi connectivity index (χ4n) is 1.49. The van der Waals surface area contributed by atoms with E-state index in [2.05, 4.69) is 27.9 Å². The molecule has 0 radical (unpaired) electrons. The molecule has 1 amide bonds. The Balaban J connectivity index is 0.00000211. The Morgan fingerprint density at radius 1 is 1.00 bits per heavy atom. The molecule has 0 aliphatic heterocycles. The third-order valence-corrected chi connectivity index (χ3v) is 2.93. The Hall–Kier alpha value is -1.23. The molecule has 22 heavy (non-hydrogen) atoms. The molecule has 0 saturated heterocycles. The van der Waals surface area contributed by atoms with E-state index in [1.807, 2.05) is 12.1 Å². The molecule has 1 aromatic carbocycles. The van der Waals surface area contributed by atoms with Crippen LogP contribution >= 0.6 is 22.6 Å². The first-order valence-corrected chi connectivity index (χ1v) is 7.57. The van der Waals surface area contributed by atoms with Crippen LogP contribution in [0, 0.1) is 3.57 Å². The van der Waals surface area contributed by atoms with Crippen molar-refractivity contribution in [3.63, 3.8) is 0 Å². The minimum absolute atomic E-state index is 0.301. The van der Waals surface area contributed by atoms with Gasteiger partial charge in [-0.05, 0) is 46.9 Å². The fraction of sp³-hybridized carbons (Fsp3) is 0.250. The molecule has 8 nitrogen and oxygen atoms in total. The van der Waals surface area contributed by atoms with E-state index < -0.39 is 30.9 Å². The molecule has 0 atom stereocenters. The maximum atomic E-state index is 11.7. The predicted octanol–water partition coefficient (Wildman–Crippen LogP) is 0.580. The number of carboxylic acids is 2. The number of hydrogen-bond acceptors (Lipinski definition) is 5. The van der Waals surface area contributed by atoms with Gasteiger partial charge in [-0.2, -0.15) is 0 Å². The van der Waals surface area contributed by atoms with Crippen LogP contribution < -0.4 is 5.32 Å². The molecule has 10 heteroatoms. The fourth-order valence-corrected chi connectivity index (χ4v) is 1.85. The first-order chi connectivity index (χ1) is 10.4. The van der Waals surface area contributed by atoms with Gasteiger partial charge in [0.2, 0.25) is 5.91 Å². The molecule has 0 unspecified atom stereocenters. The number of benzene rings is 1. The number of carbonyl (C=O) groups is 3. The molecule has 1 rings (SSSR count). The molecule has 1 aromatic rings. The summed E-state index contributed by atoms with van der Waals surface area (Å²) in [6.45, 7) is -1.32. The van der Waals surface area contributed by atoms with E-state index in [9.17, 15) is 14.4 Å². The number of carbonyl (C=O) groups excluding carboxylic acids is 1. The van der Waals surface area contributed by atoms with Crippen molar-refractivity contribution in [1.82, 2.24) is 4.90 Å². The van der Waals surface area contributed by atoms with Crippen LogP contribution in [0.4, 0.5) is 5.69 Å². The SMILES string of the molecule is O=C(O)CN(CC(=O)O)CC(=O)Nc1ccc(I)cc1.[O]=[99Tc]. The zero-order valence-corrected chi connectivity index (χ0v) is 15.2. The normalized spacial score (nSPS) is 9.55. The number of halogens is 1. The average Bonchev–Trinajstić information content (AvgIpc) is 2.42. The summed E-state index contributed by atoms with van der Waals surface area (Å²) in [6, 6.07) is 7.03. The van der Waals surface area contributed by atoms with E-state index >= 15 is 0 Å². The van der Waals surface area contributed by atoms with Crippen LogP contribution in [0.3, 0.4) is 0 Å². The van der Waals surface area contributed by atoms with E-state index in [1.54, 1.807) is 12.1 Å². The molecule has 0 heterocycles. The molecular formula is C12H13IN2O6Tc. The van der Waals surface area contributed by atoms with Crippen LogP contribution in [0.2, 0.25) is 0 Å². The maximum absolute atomic E-state index is 11.7. The van der Waals surface area contributed by atoms with Gasteiger partial charge in [-0.25, -0.2) is 0 Å². The zero-order valence-electron chi connectivity index (χ0n) is 11.2. The topological polar surface area (TPSA) is 124 Å². The van der Waals surface area contributed by atoms with E-state index in [-0.39, 0.29) is 6.54 Å². The van der Waals surface area contributed by atoms with Gasteiger partial charge in [-0.1, -0.05) is 0 Å². The molecule has 0 saturated carbocycles. The molecular weight excluding hydrogens is 494 g/mol. The van der Waals surface area contributed by atoms with Gasteiger partial charge in [-0.15, -0.1) is 0 Å². The van der Waals surface area contributed by atoms with Crippen molar-refractivity contribution in [3.05, 3.63) is 27.8 Å². The minimum atomic E-state index is -1.19. The van der Waals surface area contributed by atoms with E-state index in [4.69, 9.17) is 13.7 Å². The van der Waals surface area contributed by atoms with E-state index in [0.29, 0.717) is 5.69 Å². The summed E-state index contributed by atoms with van der Waals surface area (Å²) in [7, 11) is 0. The van der Waals surface area contributed by atoms with Gasteiger partial charge in [0.1, 0.15) is 0 Å². The second-order valence-electron chi connectivity index (χ2n) is 3.99. The summed E-state index contributed by atoms with van der Waals surface area (Å²) >= 11 is 3.02. The molecule has 0 bridgehead atoms. The number of rotatable bonds is 7. The summed E-state index contributed by atoms with van der Waals surface area (Å²) in [5.74, 6) is -2.84. The van der Waals surface area contributed by atoms with Gasteiger partial charge in [0.15, 0.2) is 0 Å². The number of nitrogens with one attached hydrogen (secondary N) is 1. The van der Waals surface area contributed by atoms with Crippen LogP contribution in [-0.4, -0.2) is 52.6 Å². The van der Waals surface area contributed by atoms with Crippen molar-refractivity contribution in [2.24, 2.45) is 0 Å². The number of nitrogens with zero attached hydrogens (tertiary/aromatic N) is 1. The van der Waals surface area contributed by atoms with Crippen molar-refractivity contribution in [3.8, 4) is 0 Å². The van der Waals surface area contributed by atoms with Crippen molar-refractivity contribution in [2.45, 2.75) is 0 Å². The zero-order chi connectivity index (χ0) is 17.1. The summed E-state index contributed by atoms with van der Waals surface area (Å²) < 4.78 is 9.23. The molecule has 0 aliphatic rings. The molecule has 0 spiro atoms. The Kier molecular flexibility index (Phi) is 10.7. The van der Waals surface area contributed by atoms with Crippen LogP contribution in [0.15, 0.2) is 24.3 Å². The number of hydrogen-bond donors (Lipinski definition) is 3. The van der Waals surface area contributed by atoms with Gasteiger partial charge < -0.3 is 15.5 Å². The molecule has 3 N–H and O–H groups in total. The van der Waals surface area contributed by atoms with Gasteiger partial charge in [-0.3, -0.25) is 19.3 Å². The Morgan fingerprint density at radius 2 is 1.45 bits per heavy atom. The van der Waals surface area contributed by atoms with Crippen molar-refractivity contribution in [1.29, 1.82) is 0 Å². The quantitative estimate of drug-likeness (QED) is 0.462. The summed E-state index contributed by atoms with van der Waals surface area (Å²) in [5.41, 5.74) is 0.570. The van der Waals surface area contributed by atoms with Crippen molar-refractivity contribution >= 4 is 46.1 Å². The Bertz CT molecular complexity index is 509.